The molecule has 0 saturated heterocycles. The summed E-state index contributed by atoms with van der Waals surface area (Å²) in [5.41, 5.74) is 2.33. The number of halogens is 1. The fourth-order valence-electron chi connectivity index (χ4n) is 4.89. The summed E-state index contributed by atoms with van der Waals surface area (Å²) in [4.78, 5) is 43.1. The molecule has 1 aliphatic heterocycles. The number of hydrogen-bond acceptors (Lipinski definition) is 3. The largest absolute Gasteiger partial charge is 0.357 e. The molecule has 1 aliphatic rings. The normalized spacial score (nSPS) is 13.0. The Morgan fingerprint density at radius 1 is 0.919 bits per heavy atom. The molecule has 0 aliphatic carbocycles. The molecular weight excluding hydrogens is 469 g/mol. The molecule has 0 bridgehead atoms. The number of likely N-dealkylation sites (N-methyl/N-ethyl adjacent to an activating group) is 1. The van der Waals surface area contributed by atoms with Crippen molar-refractivity contribution < 1.29 is 18.8 Å². The number of nitrogens with zero attached hydrogens (tertiary/aromatic N) is 2. The van der Waals surface area contributed by atoms with Gasteiger partial charge in [0, 0.05) is 36.5 Å². The van der Waals surface area contributed by atoms with Crippen molar-refractivity contribution in [2.75, 3.05) is 18.5 Å². The molecule has 0 aromatic heterocycles. The van der Waals surface area contributed by atoms with Gasteiger partial charge < -0.3 is 10.2 Å². The average Bonchev–Trinajstić information content (AvgIpc) is 3.19. The number of benzene rings is 4. The van der Waals surface area contributed by atoms with E-state index in [0.29, 0.717) is 11.3 Å². The molecule has 186 valence electrons. The Morgan fingerprint density at radius 3 is 2.35 bits per heavy atom. The minimum atomic E-state index is -0.907. The number of carbonyl (C=O) groups is 3. The molecule has 0 unspecified atom stereocenters. The fraction of sp³-hybridized carbons (Fsp3) is 0.167. The minimum Gasteiger partial charge on any atom is -0.357 e. The Hall–Kier alpha value is -4.52. The van der Waals surface area contributed by atoms with E-state index in [1.54, 1.807) is 24.3 Å². The van der Waals surface area contributed by atoms with E-state index in [-0.39, 0.29) is 36.9 Å². The lowest BCUT2D eigenvalue weighted by atomic mass is 10.0. The molecule has 0 fully saturated rings. The molecule has 1 heterocycles. The highest BCUT2D eigenvalue weighted by Crippen LogP contribution is 2.37. The second kappa shape index (κ2) is 10.2. The van der Waals surface area contributed by atoms with Gasteiger partial charge in [-0.15, -0.1) is 0 Å². The van der Waals surface area contributed by atoms with Crippen LogP contribution in [0.15, 0.2) is 91.0 Å². The zero-order valence-electron chi connectivity index (χ0n) is 20.4. The van der Waals surface area contributed by atoms with Gasteiger partial charge in [-0.3, -0.25) is 19.3 Å². The topological polar surface area (TPSA) is 69.7 Å². The summed E-state index contributed by atoms with van der Waals surface area (Å²) in [6.45, 7) is -0.390. The molecule has 4 aromatic carbocycles. The quantitative estimate of drug-likeness (QED) is 0.396. The third-order valence-electron chi connectivity index (χ3n) is 6.76. The Morgan fingerprint density at radius 2 is 1.62 bits per heavy atom. The van der Waals surface area contributed by atoms with E-state index in [2.05, 4.69) is 5.32 Å². The Balaban J connectivity index is 1.51. The van der Waals surface area contributed by atoms with E-state index in [1.807, 2.05) is 60.7 Å². The summed E-state index contributed by atoms with van der Waals surface area (Å²) in [6, 6.07) is 25.7. The van der Waals surface area contributed by atoms with Crippen LogP contribution in [0.3, 0.4) is 0 Å². The number of hydrogen-bond donors (Lipinski definition) is 1. The second-order valence-electron chi connectivity index (χ2n) is 9.00. The molecule has 3 amide bonds. The average molecular weight is 496 g/mol. The lowest BCUT2D eigenvalue weighted by Crippen LogP contribution is -2.52. The first-order chi connectivity index (χ1) is 18.0. The number of amides is 3. The Labute approximate surface area is 214 Å². The van der Waals surface area contributed by atoms with Crippen LogP contribution in [-0.2, 0) is 22.6 Å². The monoisotopic (exact) mass is 495 g/mol. The van der Waals surface area contributed by atoms with Gasteiger partial charge in [-0.05, 0) is 29.1 Å². The van der Waals surface area contributed by atoms with Gasteiger partial charge in [0.1, 0.15) is 18.4 Å². The first-order valence-electron chi connectivity index (χ1n) is 12.1. The molecule has 5 rings (SSSR count). The first kappa shape index (κ1) is 24.2. The van der Waals surface area contributed by atoms with Gasteiger partial charge in [-0.25, -0.2) is 4.39 Å². The SMILES string of the molecule is CNC(=O)[C@H](Cc1ccccc1)N(Cc1ccccc1F)C(=O)CN1C(=O)c2cccc3cccc1c23. The highest BCUT2D eigenvalue weighted by atomic mass is 19.1. The summed E-state index contributed by atoms with van der Waals surface area (Å²) in [7, 11) is 1.51. The summed E-state index contributed by atoms with van der Waals surface area (Å²) < 4.78 is 14.7. The Kier molecular flexibility index (Phi) is 6.68. The van der Waals surface area contributed by atoms with Crippen LogP contribution in [0.5, 0.6) is 0 Å². The molecule has 7 heteroatoms. The molecule has 37 heavy (non-hydrogen) atoms. The van der Waals surface area contributed by atoms with E-state index in [9.17, 15) is 18.8 Å². The zero-order chi connectivity index (χ0) is 25.9. The summed E-state index contributed by atoms with van der Waals surface area (Å²) in [6.07, 6.45) is 0.241. The van der Waals surface area contributed by atoms with Gasteiger partial charge in [0.05, 0.1) is 5.69 Å². The zero-order valence-corrected chi connectivity index (χ0v) is 20.4. The standard InChI is InChI=1S/C30H26FN3O3/c1-32-29(36)26(17-20-9-3-2-4-10-20)33(18-22-11-5-6-15-24(22)31)27(35)19-34-25-16-8-13-21-12-7-14-23(28(21)25)30(34)37/h2-16,26H,17-19H2,1H3,(H,32,36)/t26-/m0/s1. The minimum absolute atomic E-state index is 0.115. The predicted octanol–water partition coefficient (Wildman–Crippen LogP) is 4.33. The van der Waals surface area contributed by atoms with Crippen molar-refractivity contribution in [1.82, 2.24) is 10.2 Å². The van der Waals surface area contributed by atoms with E-state index >= 15 is 0 Å². The van der Waals surface area contributed by atoms with E-state index in [0.717, 1.165) is 16.3 Å². The van der Waals surface area contributed by atoms with E-state index in [1.165, 1.54) is 22.9 Å². The van der Waals surface area contributed by atoms with Gasteiger partial charge >= 0.3 is 0 Å². The maximum Gasteiger partial charge on any atom is 0.259 e. The van der Waals surface area contributed by atoms with E-state index in [4.69, 9.17) is 0 Å². The lowest BCUT2D eigenvalue weighted by Gasteiger charge is -2.32. The predicted molar refractivity (Wildman–Crippen MR) is 141 cm³/mol. The van der Waals surface area contributed by atoms with Crippen molar-refractivity contribution in [3.05, 3.63) is 114 Å². The molecule has 0 radical (unpaired) electrons. The molecule has 1 atom stereocenters. The maximum atomic E-state index is 14.7. The lowest BCUT2D eigenvalue weighted by molar-refractivity contribution is -0.140. The molecule has 6 nitrogen and oxygen atoms in total. The van der Waals surface area contributed by atoms with Crippen LogP contribution in [0.25, 0.3) is 10.8 Å². The van der Waals surface area contributed by atoms with E-state index < -0.39 is 17.8 Å². The highest BCUT2D eigenvalue weighted by molar-refractivity contribution is 6.26. The highest BCUT2D eigenvalue weighted by Gasteiger charge is 2.35. The van der Waals surface area contributed by atoms with Crippen molar-refractivity contribution in [2.24, 2.45) is 0 Å². The molecule has 0 spiro atoms. The van der Waals surface area contributed by atoms with Crippen molar-refractivity contribution in [3.8, 4) is 0 Å². The van der Waals surface area contributed by atoms with Crippen LogP contribution < -0.4 is 10.2 Å². The van der Waals surface area contributed by atoms with Crippen LogP contribution in [0, 0.1) is 5.82 Å². The maximum absolute atomic E-state index is 14.7. The van der Waals surface area contributed by atoms with Crippen LogP contribution in [-0.4, -0.2) is 42.3 Å². The summed E-state index contributed by atoms with van der Waals surface area (Å²) in [5, 5.41) is 4.36. The van der Waals surface area contributed by atoms with Crippen LogP contribution in [0.1, 0.15) is 21.5 Å². The van der Waals surface area contributed by atoms with Gasteiger partial charge in [0.2, 0.25) is 11.8 Å². The summed E-state index contributed by atoms with van der Waals surface area (Å²) in [5.74, 6) is -1.56. The number of rotatable bonds is 8. The van der Waals surface area contributed by atoms with Crippen LogP contribution in [0.4, 0.5) is 10.1 Å². The first-order valence-corrected chi connectivity index (χ1v) is 12.1. The smallest absolute Gasteiger partial charge is 0.259 e. The molecule has 4 aromatic rings. The molecule has 0 saturated carbocycles. The number of anilines is 1. The number of carbonyl (C=O) groups excluding carboxylic acids is 3. The van der Waals surface area contributed by atoms with Crippen molar-refractivity contribution in [3.63, 3.8) is 0 Å². The molecular formula is C30H26FN3O3. The second-order valence-corrected chi connectivity index (χ2v) is 9.00. The van der Waals surface area contributed by atoms with Gasteiger partial charge in [-0.2, -0.15) is 0 Å². The van der Waals surface area contributed by atoms with Crippen molar-refractivity contribution in [1.29, 1.82) is 0 Å². The van der Waals surface area contributed by atoms with Gasteiger partial charge in [-0.1, -0.05) is 72.8 Å². The van der Waals surface area contributed by atoms with Crippen LogP contribution in [0.2, 0.25) is 0 Å². The number of nitrogens with one attached hydrogen (secondary N) is 1. The van der Waals surface area contributed by atoms with Gasteiger partial charge in [0.25, 0.3) is 5.91 Å². The fourth-order valence-corrected chi connectivity index (χ4v) is 4.89. The van der Waals surface area contributed by atoms with Gasteiger partial charge in [0.15, 0.2) is 0 Å². The third kappa shape index (κ3) is 4.68. The molecule has 1 N–H and O–H groups in total. The summed E-state index contributed by atoms with van der Waals surface area (Å²) >= 11 is 0. The van der Waals surface area contributed by atoms with Crippen LogP contribution >= 0.6 is 0 Å². The Bertz CT molecular complexity index is 1480. The van der Waals surface area contributed by atoms with Crippen molar-refractivity contribution in [2.45, 2.75) is 19.0 Å². The van der Waals surface area contributed by atoms with Crippen molar-refractivity contribution >= 4 is 34.2 Å². The third-order valence-corrected chi connectivity index (χ3v) is 6.76.